The Labute approximate surface area is 123 Å². The molecule has 6 heteroatoms. The number of hydrogen-bond acceptors (Lipinski definition) is 5. The molecule has 1 amide bonds. The van der Waals surface area contributed by atoms with Crippen LogP contribution in [0.25, 0.3) is 0 Å². The third kappa shape index (κ3) is 2.16. The van der Waals surface area contributed by atoms with Crippen molar-refractivity contribution in [2.75, 3.05) is 19.6 Å². The summed E-state index contributed by atoms with van der Waals surface area (Å²) in [5.74, 6) is 0.488. The maximum atomic E-state index is 12.6. The minimum Gasteiger partial charge on any atom is -0.336 e. The summed E-state index contributed by atoms with van der Waals surface area (Å²) >= 11 is 1.46. The summed E-state index contributed by atoms with van der Waals surface area (Å²) in [4.78, 5) is 18.9. The molecule has 1 aromatic rings. The Kier molecular flexibility index (Phi) is 3.56. The molecule has 1 saturated heterocycles. The molecule has 1 aliphatic heterocycles. The van der Waals surface area contributed by atoms with Crippen LogP contribution in [0.2, 0.25) is 0 Å². The molecule has 2 unspecified atom stereocenters. The van der Waals surface area contributed by atoms with E-state index >= 15 is 0 Å². The van der Waals surface area contributed by atoms with Crippen LogP contribution in [-0.2, 0) is 0 Å². The lowest BCUT2D eigenvalue weighted by Gasteiger charge is -2.42. The van der Waals surface area contributed by atoms with E-state index in [1.165, 1.54) is 30.6 Å². The van der Waals surface area contributed by atoms with Crippen LogP contribution in [0.1, 0.15) is 47.7 Å². The topological polar surface area (TPSA) is 85.2 Å². The Morgan fingerprint density at radius 1 is 1.65 bits per heavy atom. The minimum absolute atomic E-state index is 0.0374. The Hall–Kier alpha value is -0.980. The highest BCUT2D eigenvalue weighted by Gasteiger charge is 2.50. The van der Waals surface area contributed by atoms with Crippen LogP contribution in [0, 0.1) is 11.3 Å². The third-order valence-corrected chi connectivity index (χ3v) is 5.91. The second kappa shape index (κ2) is 5.09. The van der Waals surface area contributed by atoms with Crippen molar-refractivity contribution in [3.8, 4) is 0 Å². The fourth-order valence-electron chi connectivity index (χ4n) is 3.47. The van der Waals surface area contributed by atoms with Gasteiger partial charge in [0.05, 0.1) is 6.04 Å². The van der Waals surface area contributed by atoms with Gasteiger partial charge in [-0.25, -0.2) is 4.98 Å². The van der Waals surface area contributed by atoms with Crippen molar-refractivity contribution in [1.29, 1.82) is 0 Å². The highest BCUT2D eigenvalue weighted by molar-refractivity contribution is 7.09. The molecule has 1 saturated carbocycles. The van der Waals surface area contributed by atoms with Crippen LogP contribution in [0.3, 0.4) is 0 Å². The molecule has 110 valence electrons. The fourth-order valence-corrected chi connectivity index (χ4v) is 4.22. The molecule has 2 atom stereocenters. The van der Waals surface area contributed by atoms with Crippen molar-refractivity contribution in [2.24, 2.45) is 22.8 Å². The number of likely N-dealkylation sites (tertiary alicyclic amines) is 1. The maximum absolute atomic E-state index is 12.6. The first-order chi connectivity index (χ1) is 9.55. The van der Waals surface area contributed by atoms with Crippen LogP contribution in [0.15, 0.2) is 5.38 Å². The number of rotatable bonds is 3. The standard InChI is InChI=1S/C14H22N4OS/c1-9(16)12-17-11(7-20-12)13(19)18-6-10(5-15)14(8-18)3-2-4-14/h7,9-10H,2-6,8,15-16H2,1H3. The lowest BCUT2D eigenvalue weighted by atomic mass is 9.63. The lowest BCUT2D eigenvalue weighted by Crippen LogP contribution is -2.40. The molecule has 2 fully saturated rings. The van der Waals surface area contributed by atoms with Crippen molar-refractivity contribution in [3.05, 3.63) is 16.1 Å². The number of aromatic nitrogens is 1. The maximum Gasteiger partial charge on any atom is 0.273 e. The number of amides is 1. The quantitative estimate of drug-likeness (QED) is 0.881. The van der Waals surface area contributed by atoms with Gasteiger partial charge in [-0.2, -0.15) is 0 Å². The summed E-state index contributed by atoms with van der Waals surface area (Å²) in [6, 6.07) is -0.116. The van der Waals surface area contributed by atoms with Gasteiger partial charge in [0.1, 0.15) is 10.7 Å². The van der Waals surface area contributed by atoms with Crippen LogP contribution >= 0.6 is 11.3 Å². The van der Waals surface area contributed by atoms with Gasteiger partial charge in [0, 0.05) is 18.5 Å². The molecule has 1 spiro atoms. The number of carbonyl (C=O) groups excluding carboxylic acids is 1. The molecule has 3 rings (SSSR count). The highest BCUT2D eigenvalue weighted by Crippen LogP contribution is 2.51. The van der Waals surface area contributed by atoms with E-state index in [9.17, 15) is 4.79 Å². The number of carbonyl (C=O) groups is 1. The minimum atomic E-state index is -0.116. The average Bonchev–Trinajstić information content (AvgIpc) is 3.01. The molecule has 0 radical (unpaired) electrons. The van der Waals surface area contributed by atoms with Gasteiger partial charge in [0.25, 0.3) is 5.91 Å². The molecule has 20 heavy (non-hydrogen) atoms. The van der Waals surface area contributed by atoms with Gasteiger partial charge in [0.2, 0.25) is 0 Å². The van der Waals surface area contributed by atoms with Crippen molar-refractivity contribution in [3.63, 3.8) is 0 Å². The number of hydrogen-bond donors (Lipinski definition) is 2. The second-order valence-electron chi connectivity index (χ2n) is 6.19. The van der Waals surface area contributed by atoms with E-state index < -0.39 is 0 Å². The van der Waals surface area contributed by atoms with E-state index in [0.717, 1.165) is 18.1 Å². The third-order valence-electron chi connectivity index (χ3n) is 4.86. The molecule has 1 aliphatic carbocycles. The SMILES string of the molecule is CC(N)c1nc(C(=O)N2CC(CN)C3(CCC3)C2)cs1. The fraction of sp³-hybridized carbons (Fsp3) is 0.714. The smallest absolute Gasteiger partial charge is 0.273 e. The van der Waals surface area contributed by atoms with Gasteiger partial charge in [-0.3, -0.25) is 4.79 Å². The normalized spacial score (nSPS) is 25.8. The first kappa shape index (κ1) is 14.0. The summed E-state index contributed by atoms with van der Waals surface area (Å²) < 4.78 is 0. The lowest BCUT2D eigenvalue weighted by molar-refractivity contribution is 0.0698. The molecular weight excluding hydrogens is 272 g/mol. The monoisotopic (exact) mass is 294 g/mol. The highest BCUT2D eigenvalue weighted by atomic mass is 32.1. The van der Waals surface area contributed by atoms with Crippen molar-refractivity contribution >= 4 is 17.2 Å². The zero-order valence-electron chi connectivity index (χ0n) is 11.8. The van der Waals surface area contributed by atoms with E-state index in [1.807, 2.05) is 17.2 Å². The molecule has 5 nitrogen and oxygen atoms in total. The first-order valence-corrected chi connectivity index (χ1v) is 8.14. The van der Waals surface area contributed by atoms with Crippen LogP contribution in [0.5, 0.6) is 0 Å². The number of nitrogens with zero attached hydrogens (tertiary/aromatic N) is 2. The van der Waals surface area contributed by atoms with E-state index in [2.05, 4.69) is 4.98 Å². The van der Waals surface area contributed by atoms with Gasteiger partial charge in [-0.15, -0.1) is 11.3 Å². The average molecular weight is 294 g/mol. The predicted molar refractivity (Wildman–Crippen MR) is 79.4 cm³/mol. The Balaban J connectivity index is 1.74. The van der Waals surface area contributed by atoms with Crippen LogP contribution < -0.4 is 11.5 Å². The molecule has 1 aromatic heterocycles. The van der Waals surface area contributed by atoms with Crippen molar-refractivity contribution < 1.29 is 4.79 Å². The summed E-state index contributed by atoms with van der Waals surface area (Å²) in [6.45, 7) is 4.18. The van der Waals surface area contributed by atoms with Gasteiger partial charge in [0.15, 0.2) is 0 Å². The summed E-state index contributed by atoms with van der Waals surface area (Å²) in [5.41, 5.74) is 12.5. The van der Waals surface area contributed by atoms with Gasteiger partial charge < -0.3 is 16.4 Å². The van der Waals surface area contributed by atoms with Crippen molar-refractivity contribution in [1.82, 2.24) is 9.88 Å². The first-order valence-electron chi connectivity index (χ1n) is 7.26. The Bertz CT molecular complexity index is 509. The Morgan fingerprint density at radius 3 is 2.85 bits per heavy atom. The molecular formula is C14H22N4OS. The largest absolute Gasteiger partial charge is 0.336 e. The van der Waals surface area contributed by atoms with E-state index in [0.29, 0.717) is 23.6 Å². The molecule has 0 bridgehead atoms. The molecule has 4 N–H and O–H groups in total. The number of thiazole rings is 1. The van der Waals surface area contributed by atoms with Gasteiger partial charge >= 0.3 is 0 Å². The molecule has 2 heterocycles. The van der Waals surface area contributed by atoms with Gasteiger partial charge in [-0.05, 0) is 37.6 Å². The molecule has 2 aliphatic rings. The zero-order valence-corrected chi connectivity index (χ0v) is 12.7. The Morgan fingerprint density at radius 2 is 2.40 bits per heavy atom. The summed E-state index contributed by atoms with van der Waals surface area (Å²) in [7, 11) is 0. The second-order valence-corrected chi connectivity index (χ2v) is 7.08. The summed E-state index contributed by atoms with van der Waals surface area (Å²) in [5, 5.41) is 2.64. The van der Waals surface area contributed by atoms with E-state index in [-0.39, 0.29) is 11.9 Å². The van der Waals surface area contributed by atoms with Crippen LogP contribution in [-0.4, -0.2) is 35.4 Å². The molecule has 0 aromatic carbocycles. The summed E-state index contributed by atoms with van der Waals surface area (Å²) in [6.07, 6.45) is 3.69. The zero-order chi connectivity index (χ0) is 14.3. The van der Waals surface area contributed by atoms with Crippen molar-refractivity contribution in [2.45, 2.75) is 32.2 Å². The van der Waals surface area contributed by atoms with Crippen LogP contribution in [0.4, 0.5) is 0 Å². The predicted octanol–water partition coefficient (Wildman–Crippen LogP) is 1.36. The van der Waals surface area contributed by atoms with Gasteiger partial charge in [-0.1, -0.05) is 6.42 Å². The van der Waals surface area contributed by atoms with E-state index in [1.54, 1.807) is 0 Å². The number of nitrogens with two attached hydrogens (primary N) is 2. The van der Waals surface area contributed by atoms with E-state index in [4.69, 9.17) is 11.5 Å².